The fourth-order valence-corrected chi connectivity index (χ4v) is 2.43. The van der Waals surface area contributed by atoms with Gasteiger partial charge in [0, 0.05) is 17.5 Å². The summed E-state index contributed by atoms with van der Waals surface area (Å²) in [5, 5.41) is 4.76. The van der Waals surface area contributed by atoms with Crippen LogP contribution in [0.2, 0.25) is 0 Å². The number of nitrogens with one attached hydrogen (secondary N) is 1. The van der Waals surface area contributed by atoms with Crippen molar-refractivity contribution in [3.63, 3.8) is 0 Å². The first-order valence-electron chi connectivity index (χ1n) is 5.44. The van der Waals surface area contributed by atoms with Gasteiger partial charge in [0.15, 0.2) is 0 Å². The second-order valence-electron chi connectivity index (χ2n) is 4.71. The van der Waals surface area contributed by atoms with Crippen molar-refractivity contribution in [1.29, 1.82) is 0 Å². The first-order valence-corrected chi connectivity index (χ1v) is 5.44. The van der Waals surface area contributed by atoms with Crippen molar-refractivity contribution in [1.82, 2.24) is 5.32 Å². The Balaban J connectivity index is 2.34. The fraction of sp³-hybridized carbons (Fsp3) is 0.385. The van der Waals surface area contributed by atoms with Crippen LogP contribution >= 0.6 is 0 Å². The van der Waals surface area contributed by atoms with Gasteiger partial charge < -0.3 is 9.73 Å². The molecule has 2 aromatic rings. The van der Waals surface area contributed by atoms with Crippen molar-refractivity contribution >= 4 is 11.0 Å². The van der Waals surface area contributed by atoms with Gasteiger partial charge in [-0.15, -0.1) is 0 Å². The van der Waals surface area contributed by atoms with E-state index in [1.54, 1.807) is 0 Å². The maximum Gasteiger partial charge on any atom is 0.134 e. The number of benzene rings is 1. The molecule has 1 N–H and O–H groups in total. The van der Waals surface area contributed by atoms with E-state index in [9.17, 15) is 0 Å². The number of para-hydroxylation sites is 1. The molecule has 2 heteroatoms. The van der Waals surface area contributed by atoms with E-state index in [0.29, 0.717) is 0 Å². The average Bonchev–Trinajstić information content (AvgIpc) is 2.58. The second kappa shape index (κ2) is 2.86. The van der Waals surface area contributed by atoms with Gasteiger partial charge >= 0.3 is 0 Å². The Kier molecular flexibility index (Phi) is 1.71. The van der Waals surface area contributed by atoms with Crippen LogP contribution in [0.1, 0.15) is 25.2 Å². The van der Waals surface area contributed by atoms with Gasteiger partial charge in [-0.3, -0.25) is 0 Å². The molecule has 0 bridgehead atoms. The van der Waals surface area contributed by atoms with E-state index >= 15 is 0 Å². The molecule has 0 saturated heterocycles. The van der Waals surface area contributed by atoms with Crippen LogP contribution in [0.3, 0.4) is 0 Å². The Labute approximate surface area is 89.3 Å². The second-order valence-corrected chi connectivity index (χ2v) is 4.71. The lowest BCUT2D eigenvalue weighted by Gasteiger charge is -2.29. The van der Waals surface area contributed by atoms with E-state index in [4.69, 9.17) is 4.42 Å². The Morgan fingerprint density at radius 3 is 2.93 bits per heavy atom. The molecule has 2 heterocycles. The molecule has 1 aliphatic rings. The van der Waals surface area contributed by atoms with Gasteiger partial charge in [0.05, 0.1) is 5.54 Å². The summed E-state index contributed by atoms with van der Waals surface area (Å²) in [7, 11) is 0. The Morgan fingerprint density at radius 2 is 2.07 bits per heavy atom. The monoisotopic (exact) mass is 201 g/mol. The van der Waals surface area contributed by atoms with Crippen LogP contribution in [0.25, 0.3) is 11.0 Å². The van der Waals surface area contributed by atoms with Crippen molar-refractivity contribution in [2.45, 2.75) is 25.8 Å². The molecule has 0 saturated carbocycles. The van der Waals surface area contributed by atoms with Gasteiger partial charge in [-0.2, -0.15) is 0 Å². The lowest BCUT2D eigenvalue weighted by molar-refractivity contribution is 0.310. The molecule has 0 fully saturated rings. The molecule has 0 amide bonds. The summed E-state index contributed by atoms with van der Waals surface area (Å²) in [6, 6.07) is 8.30. The molecular weight excluding hydrogens is 186 g/mol. The zero-order valence-electron chi connectivity index (χ0n) is 9.13. The minimum atomic E-state index is -0.0351. The number of hydrogen-bond donors (Lipinski definition) is 1. The van der Waals surface area contributed by atoms with Gasteiger partial charge in [-0.25, -0.2) is 0 Å². The highest BCUT2D eigenvalue weighted by molar-refractivity contribution is 5.82. The first-order chi connectivity index (χ1) is 7.18. The van der Waals surface area contributed by atoms with E-state index in [0.717, 1.165) is 24.3 Å². The van der Waals surface area contributed by atoms with Crippen LogP contribution in [0.15, 0.2) is 28.7 Å². The molecular formula is C13H15NO. The van der Waals surface area contributed by atoms with Gasteiger partial charge in [0.2, 0.25) is 0 Å². The van der Waals surface area contributed by atoms with E-state index in [1.165, 1.54) is 10.9 Å². The van der Waals surface area contributed by atoms with E-state index in [2.05, 4.69) is 31.3 Å². The molecule has 1 aromatic heterocycles. The van der Waals surface area contributed by atoms with Crippen molar-refractivity contribution in [2.75, 3.05) is 6.54 Å². The molecule has 0 atom stereocenters. The summed E-state index contributed by atoms with van der Waals surface area (Å²) in [5.41, 5.74) is 2.36. The molecule has 15 heavy (non-hydrogen) atoms. The summed E-state index contributed by atoms with van der Waals surface area (Å²) in [5.74, 6) is 1.11. The molecule has 2 nitrogen and oxygen atoms in total. The topological polar surface area (TPSA) is 25.2 Å². The summed E-state index contributed by atoms with van der Waals surface area (Å²) in [4.78, 5) is 0. The number of hydrogen-bond acceptors (Lipinski definition) is 2. The Bertz CT molecular complexity index is 510. The van der Waals surface area contributed by atoms with Crippen LogP contribution < -0.4 is 5.32 Å². The predicted octanol–water partition coefficient (Wildman–Crippen LogP) is 2.81. The van der Waals surface area contributed by atoms with Crippen molar-refractivity contribution in [3.05, 3.63) is 35.6 Å². The third-order valence-corrected chi connectivity index (χ3v) is 3.21. The number of fused-ring (bicyclic) bond motifs is 3. The normalized spacial score (nSPS) is 19.1. The van der Waals surface area contributed by atoms with E-state index in [1.807, 2.05) is 12.1 Å². The number of rotatable bonds is 0. The smallest absolute Gasteiger partial charge is 0.134 e. The molecule has 3 rings (SSSR count). The molecule has 1 aliphatic heterocycles. The lowest BCUT2D eigenvalue weighted by atomic mass is 9.91. The predicted molar refractivity (Wildman–Crippen MR) is 60.9 cm³/mol. The summed E-state index contributed by atoms with van der Waals surface area (Å²) < 4.78 is 5.94. The van der Waals surface area contributed by atoms with Crippen LogP contribution in [0.4, 0.5) is 0 Å². The third-order valence-electron chi connectivity index (χ3n) is 3.21. The fourth-order valence-electron chi connectivity index (χ4n) is 2.43. The van der Waals surface area contributed by atoms with Crippen molar-refractivity contribution < 1.29 is 4.42 Å². The van der Waals surface area contributed by atoms with Crippen molar-refractivity contribution in [3.8, 4) is 0 Å². The maximum absolute atomic E-state index is 5.94. The van der Waals surface area contributed by atoms with Gasteiger partial charge in [0.1, 0.15) is 11.3 Å². The highest BCUT2D eigenvalue weighted by Gasteiger charge is 2.31. The maximum atomic E-state index is 5.94. The van der Waals surface area contributed by atoms with Crippen LogP contribution in [-0.4, -0.2) is 6.54 Å². The highest BCUT2D eigenvalue weighted by atomic mass is 16.3. The number of furan rings is 1. The van der Waals surface area contributed by atoms with Gasteiger partial charge in [-0.05, 0) is 26.3 Å². The Hall–Kier alpha value is -1.28. The SMILES string of the molecule is CC1(C)NCCc2c1oc1ccccc21. The largest absolute Gasteiger partial charge is 0.459 e. The molecule has 1 aromatic carbocycles. The quantitative estimate of drug-likeness (QED) is 0.709. The van der Waals surface area contributed by atoms with Crippen LogP contribution in [0.5, 0.6) is 0 Å². The summed E-state index contributed by atoms with van der Waals surface area (Å²) in [6.07, 6.45) is 1.07. The minimum absolute atomic E-state index is 0.0351. The van der Waals surface area contributed by atoms with E-state index < -0.39 is 0 Å². The van der Waals surface area contributed by atoms with E-state index in [-0.39, 0.29) is 5.54 Å². The highest BCUT2D eigenvalue weighted by Crippen LogP contribution is 2.35. The van der Waals surface area contributed by atoms with Crippen LogP contribution in [-0.2, 0) is 12.0 Å². The molecule has 0 spiro atoms. The molecule has 0 aliphatic carbocycles. The average molecular weight is 201 g/mol. The molecule has 78 valence electrons. The van der Waals surface area contributed by atoms with Crippen LogP contribution in [0, 0.1) is 0 Å². The molecule has 0 radical (unpaired) electrons. The summed E-state index contributed by atoms with van der Waals surface area (Å²) in [6.45, 7) is 5.38. The molecule has 0 unspecified atom stereocenters. The van der Waals surface area contributed by atoms with Gasteiger partial charge in [-0.1, -0.05) is 18.2 Å². The zero-order chi connectivity index (χ0) is 10.5. The lowest BCUT2D eigenvalue weighted by Crippen LogP contribution is -2.41. The zero-order valence-corrected chi connectivity index (χ0v) is 9.13. The summed E-state index contributed by atoms with van der Waals surface area (Å²) >= 11 is 0. The Morgan fingerprint density at radius 1 is 1.27 bits per heavy atom. The van der Waals surface area contributed by atoms with Gasteiger partial charge in [0.25, 0.3) is 0 Å². The van der Waals surface area contributed by atoms with Crippen molar-refractivity contribution in [2.24, 2.45) is 0 Å². The minimum Gasteiger partial charge on any atom is -0.459 e. The standard InChI is InChI=1S/C13H15NO/c1-13(2)12-10(7-8-14-13)9-5-3-4-6-11(9)15-12/h3-6,14H,7-8H2,1-2H3. The third kappa shape index (κ3) is 1.21. The first kappa shape index (κ1) is 8.98.